The number of fused-ring (bicyclic) bond motifs is 6. The number of benzene rings is 2. The monoisotopic (exact) mass is 388 g/mol. The van der Waals surface area contributed by atoms with Crippen LogP contribution in [0.25, 0.3) is 11.0 Å². The molecule has 0 spiro atoms. The number of carbonyl (C=O) groups excluding carboxylic acids is 2. The van der Waals surface area contributed by atoms with E-state index in [1.807, 2.05) is 12.1 Å². The average molecular weight is 388 g/mol. The Kier molecular flexibility index (Phi) is 3.68. The van der Waals surface area contributed by atoms with Crippen molar-refractivity contribution < 1.29 is 23.6 Å². The summed E-state index contributed by atoms with van der Waals surface area (Å²) >= 11 is 0. The fourth-order valence-electron chi connectivity index (χ4n) is 5.24. The molecule has 3 aliphatic rings. The van der Waals surface area contributed by atoms with Crippen molar-refractivity contribution in [1.82, 2.24) is 0 Å². The van der Waals surface area contributed by atoms with Crippen molar-refractivity contribution in [2.75, 3.05) is 6.73 Å². The Labute approximate surface area is 168 Å². The van der Waals surface area contributed by atoms with Crippen molar-refractivity contribution in [1.29, 1.82) is 0 Å². The summed E-state index contributed by atoms with van der Waals surface area (Å²) in [5.74, 6) is 0.623. The van der Waals surface area contributed by atoms with Gasteiger partial charge in [0.1, 0.15) is 17.9 Å². The largest absolute Gasteiger partial charge is 0.451 e. The summed E-state index contributed by atoms with van der Waals surface area (Å²) in [6.45, 7) is 1.46. The van der Waals surface area contributed by atoms with Crippen molar-refractivity contribution in [3.63, 3.8) is 0 Å². The molecule has 0 radical (unpaired) electrons. The number of hydrogen-bond acceptors (Lipinski definition) is 4. The Morgan fingerprint density at radius 1 is 0.897 bits per heavy atom. The van der Waals surface area contributed by atoms with Crippen molar-refractivity contribution >= 4 is 22.5 Å². The molecule has 5 nitrogen and oxygen atoms in total. The number of furan rings is 1. The number of quaternary nitrogens is 1. The molecule has 0 bridgehead atoms. The summed E-state index contributed by atoms with van der Waals surface area (Å²) in [5, 5.41) is 0.722. The van der Waals surface area contributed by atoms with Gasteiger partial charge in [0.15, 0.2) is 11.5 Å². The highest BCUT2D eigenvalue weighted by molar-refractivity contribution is 6.31. The fourth-order valence-corrected chi connectivity index (χ4v) is 5.24. The molecule has 2 aliphatic carbocycles. The molecule has 1 atom stereocenters. The van der Waals surface area contributed by atoms with E-state index in [1.165, 1.54) is 37.0 Å². The third kappa shape index (κ3) is 2.43. The molecule has 3 aromatic rings. The average Bonchev–Trinajstić information content (AvgIpc) is 3.18. The number of hydrogen-bond donors (Lipinski definition) is 1. The Bertz CT molecular complexity index is 1170. The van der Waals surface area contributed by atoms with E-state index in [0.717, 1.165) is 23.2 Å². The van der Waals surface area contributed by atoms with Crippen LogP contribution in [0.4, 0.5) is 0 Å². The SMILES string of the molecule is O=C1c2ccccc2C(=O)c2c1oc1c3c(ccc21)OC[NH+](C1CCCCC1)C3. The zero-order chi connectivity index (χ0) is 19.5. The van der Waals surface area contributed by atoms with E-state index in [0.29, 0.717) is 35.0 Å². The molecule has 1 aromatic heterocycles. The van der Waals surface area contributed by atoms with Crippen molar-refractivity contribution in [2.45, 2.75) is 44.7 Å². The van der Waals surface area contributed by atoms with Gasteiger partial charge in [-0.05, 0) is 37.8 Å². The lowest BCUT2D eigenvalue weighted by Gasteiger charge is -2.34. The smallest absolute Gasteiger partial charge is 0.229 e. The molecule has 0 amide bonds. The van der Waals surface area contributed by atoms with E-state index < -0.39 is 0 Å². The van der Waals surface area contributed by atoms with Crippen LogP contribution >= 0.6 is 0 Å². The molecule has 1 N–H and O–H groups in total. The molecule has 6 rings (SSSR count). The van der Waals surface area contributed by atoms with E-state index in [2.05, 4.69) is 0 Å². The molecule has 1 unspecified atom stereocenters. The lowest BCUT2D eigenvalue weighted by atomic mass is 9.87. The first-order valence-electron chi connectivity index (χ1n) is 10.5. The van der Waals surface area contributed by atoms with Gasteiger partial charge in [-0.15, -0.1) is 0 Å². The maximum atomic E-state index is 13.2. The first-order chi connectivity index (χ1) is 14.2. The van der Waals surface area contributed by atoms with E-state index >= 15 is 0 Å². The summed E-state index contributed by atoms with van der Waals surface area (Å²) in [4.78, 5) is 27.6. The Hall–Kier alpha value is -2.92. The van der Waals surface area contributed by atoms with Gasteiger partial charge in [0.25, 0.3) is 0 Å². The zero-order valence-corrected chi connectivity index (χ0v) is 16.1. The van der Waals surface area contributed by atoms with Crippen LogP contribution in [0.3, 0.4) is 0 Å². The van der Waals surface area contributed by atoms with Gasteiger partial charge < -0.3 is 9.15 Å². The van der Waals surface area contributed by atoms with Gasteiger partial charge in [-0.3, -0.25) is 14.5 Å². The summed E-state index contributed by atoms with van der Waals surface area (Å²) in [5.41, 5.74) is 2.89. The molecular weight excluding hydrogens is 366 g/mol. The maximum Gasteiger partial charge on any atom is 0.229 e. The molecule has 1 aliphatic heterocycles. The predicted octanol–water partition coefficient (Wildman–Crippen LogP) is 3.28. The third-order valence-corrected chi connectivity index (χ3v) is 6.77. The number of nitrogens with one attached hydrogen (secondary N) is 1. The number of ketones is 2. The summed E-state index contributed by atoms with van der Waals surface area (Å²) in [6, 6.07) is 11.4. The molecule has 5 heteroatoms. The Morgan fingerprint density at radius 3 is 2.45 bits per heavy atom. The van der Waals surface area contributed by atoms with E-state index in [1.54, 1.807) is 24.3 Å². The van der Waals surface area contributed by atoms with Crippen molar-refractivity contribution in [3.8, 4) is 5.75 Å². The quantitative estimate of drug-likeness (QED) is 0.544. The second-order valence-corrected chi connectivity index (χ2v) is 8.39. The second kappa shape index (κ2) is 6.29. The van der Waals surface area contributed by atoms with Crippen LogP contribution < -0.4 is 9.64 Å². The fraction of sp³-hybridized carbons (Fsp3) is 0.333. The first kappa shape index (κ1) is 17.0. The predicted molar refractivity (Wildman–Crippen MR) is 107 cm³/mol. The first-order valence-corrected chi connectivity index (χ1v) is 10.5. The standard InChI is InChI=1S/C24H21NO4/c26-21-15-8-4-5-9-16(15)22(27)24-20(21)17-10-11-19-18(23(17)29-24)12-25(13-28-19)14-6-2-1-3-7-14/h4-5,8-11,14H,1-3,6-7,12-13H2/p+1. The van der Waals surface area contributed by atoms with Crippen LogP contribution in [0.2, 0.25) is 0 Å². The number of carbonyl (C=O) groups is 2. The summed E-state index contributed by atoms with van der Waals surface area (Å²) in [6.07, 6.45) is 6.33. The van der Waals surface area contributed by atoms with Gasteiger partial charge in [0.2, 0.25) is 12.5 Å². The highest BCUT2D eigenvalue weighted by atomic mass is 16.5. The lowest BCUT2D eigenvalue weighted by Crippen LogP contribution is -3.16. The van der Waals surface area contributed by atoms with Crippen LogP contribution in [-0.2, 0) is 6.54 Å². The zero-order valence-electron chi connectivity index (χ0n) is 16.1. The van der Waals surface area contributed by atoms with Crippen LogP contribution in [0.15, 0.2) is 40.8 Å². The van der Waals surface area contributed by atoms with Crippen molar-refractivity contribution in [3.05, 3.63) is 64.4 Å². The highest BCUT2D eigenvalue weighted by Gasteiger charge is 2.37. The van der Waals surface area contributed by atoms with Gasteiger partial charge in [-0.1, -0.05) is 30.7 Å². The minimum Gasteiger partial charge on any atom is -0.451 e. The van der Waals surface area contributed by atoms with Crippen LogP contribution in [0.1, 0.15) is 69.7 Å². The molecule has 2 heterocycles. The minimum absolute atomic E-state index is 0.137. The van der Waals surface area contributed by atoms with E-state index in [-0.39, 0.29) is 17.3 Å². The number of ether oxygens (including phenoxy) is 1. The Balaban J connectivity index is 1.48. The molecule has 1 fully saturated rings. The van der Waals surface area contributed by atoms with Crippen LogP contribution in [0.5, 0.6) is 5.75 Å². The Morgan fingerprint density at radius 2 is 1.66 bits per heavy atom. The molecule has 2 aromatic carbocycles. The molecule has 0 saturated heterocycles. The summed E-state index contributed by atoms with van der Waals surface area (Å²) in [7, 11) is 0. The van der Waals surface area contributed by atoms with Gasteiger partial charge in [-0.2, -0.15) is 0 Å². The van der Waals surface area contributed by atoms with Gasteiger partial charge >= 0.3 is 0 Å². The normalized spacial score (nSPS) is 21.4. The third-order valence-electron chi connectivity index (χ3n) is 6.77. The van der Waals surface area contributed by atoms with Gasteiger partial charge in [0.05, 0.1) is 17.2 Å². The van der Waals surface area contributed by atoms with Crippen LogP contribution in [-0.4, -0.2) is 24.3 Å². The minimum atomic E-state index is -0.214. The maximum absolute atomic E-state index is 13.2. The molecular formula is C24H22NO4+. The number of rotatable bonds is 1. The van der Waals surface area contributed by atoms with Crippen LogP contribution in [0, 0.1) is 0 Å². The van der Waals surface area contributed by atoms with Crippen molar-refractivity contribution in [2.24, 2.45) is 0 Å². The lowest BCUT2D eigenvalue weighted by molar-refractivity contribution is -0.957. The van der Waals surface area contributed by atoms with Gasteiger partial charge in [-0.25, -0.2) is 0 Å². The molecule has 1 saturated carbocycles. The molecule has 146 valence electrons. The highest BCUT2D eigenvalue weighted by Crippen LogP contribution is 2.39. The molecule has 29 heavy (non-hydrogen) atoms. The van der Waals surface area contributed by atoms with Gasteiger partial charge in [0, 0.05) is 16.5 Å². The topological polar surface area (TPSA) is 61.0 Å². The second-order valence-electron chi connectivity index (χ2n) is 8.39. The summed E-state index contributed by atoms with van der Waals surface area (Å²) < 4.78 is 12.2. The van der Waals surface area contributed by atoms with E-state index in [9.17, 15) is 9.59 Å². The van der Waals surface area contributed by atoms with E-state index in [4.69, 9.17) is 9.15 Å².